The SMILES string of the molecule is CCC(NCC(O)CN1CCCCC1)C(C)NC(=O)OC(C)(C)C. The maximum atomic E-state index is 11.9. The molecule has 24 heavy (non-hydrogen) atoms. The number of β-amino-alcohol motifs (C(OH)–C–C–N with tert-alkyl or cyclic N) is 1. The van der Waals surface area contributed by atoms with E-state index in [2.05, 4.69) is 22.5 Å². The Balaban J connectivity index is 2.32. The van der Waals surface area contributed by atoms with Gasteiger partial charge in [0.25, 0.3) is 0 Å². The minimum atomic E-state index is -0.496. The summed E-state index contributed by atoms with van der Waals surface area (Å²) in [7, 11) is 0. The molecular weight excluding hydrogens is 306 g/mol. The van der Waals surface area contributed by atoms with Gasteiger partial charge in [-0.2, -0.15) is 0 Å². The first-order chi connectivity index (χ1) is 11.2. The number of nitrogens with zero attached hydrogens (tertiary/aromatic N) is 1. The quantitative estimate of drug-likeness (QED) is 0.629. The average Bonchev–Trinajstić information content (AvgIpc) is 2.46. The number of ether oxygens (including phenoxy) is 1. The highest BCUT2D eigenvalue weighted by Gasteiger charge is 2.22. The summed E-state index contributed by atoms with van der Waals surface area (Å²) in [6, 6.07) is 0.0422. The van der Waals surface area contributed by atoms with Gasteiger partial charge in [-0.25, -0.2) is 4.79 Å². The zero-order valence-corrected chi connectivity index (χ0v) is 16.1. The zero-order chi connectivity index (χ0) is 18.2. The van der Waals surface area contributed by atoms with E-state index in [4.69, 9.17) is 4.74 Å². The van der Waals surface area contributed by atoms with E-state index in [0.717, 1.165) is 26.1 Å². The van der Waals surface area contributed by atoms with Crippen LogP contribution in [0.15, 0.2) is 0 Å². The monoisotopic (exact) mass is 343 g/mol. The Morgan fingerprint density at radius 3 is 2.42 bits per heavy atom. The highest BCUT2D eigenvalue weighted by Crippen LogP contribution is 2.10. The highest BCUT2D eigenvalue weighted by molar-refractivity contribution is 5.68. The smallest absolute Gasteiger partial charge is 0.407 e. The number of amides is 1. The fraction of sp³-hybridized carbons (Fsp3) is 0.944. The van der Waals surface area contributed by atoms with Gasteiger partial charge in [0, 0.05) is 25.2 Å². The molecule has 142 valence electrons. The van der Waals surface area contributed by atoms with Gasteiger partial charge in [-0.3, -0.25) is 0 Å². The van der Waals surface area contributed by atoms with Gasteiger partial charge < -0.3 is 25.4 Å². The number of alkyl carbamates (subject to hydrolysis) is 1. The number of hydrogen-bond acceptors (Lipinski definition) is 5. The summed E-state index contributed by atoms with van der Waals surface area (Å²) in [4.78, 5) is 14.2. The summed E-state index contributed by atoms with van der Waals surface area (Å²) in [6.45, 7) is 13.0. The van der Waals surface area contributed by atoms with Crippen molar-refractivity contribution in [1.82, 2.24) is 15.5 Å². The molecule has 0 aliphatic carbocycles. The largest absolute Gasteiger partial charge is 0.444 e. The number of aliphatic hydroxyl groups is 1. The fourth-order valence-electron chi connectivity index (χ4n) is 3.06. The molecule has 1 aliphatic heterocycles. The van der Waals surface area contributed by atoms with Crippen LogP contribution in [0.25, 0.3) is 0 Å². The molecule has 1 saturated heterocycles. The van der Waals surface area contributed by atoms with Crippen LogP contribution >= 0.6 is 0 Å². The summed E-state index contributed by atoms with van der Waals surface area (Å²) in [5.74, 6) is 0. The number of carbonyl (C=O) groups is 1. The van der Waals surface area contributed by atoms with Gasteiger partial charge in [0.1, 0.15) is 5.60 Å². The second-order valence-corrected chi connectivity index (χ2v) is 7.87. The summed E-state index contributed by atoms with van der Waals surface area (Å²) >= 11 is 0. The van der Waals surface area contributed by atoms with Crippen molar-refractivity contribution < 1.29 is 14.6 Å². The van der Waals surface area contributed by atoms with Gasteiger partial charge in [0.2, 0.25) is 0 Å². The molecule has 0 radical (unpaired) electrons. The average molecular weight is 344 g/mol. The molecular formula is C18H37N3O3. The molecule has 1 heterocycles. The second-order valence-electron chi connectivity index (χ2n) is 7.87. The lowest BCUT2D eigenvalue weighted by molar-refractivity contribution is 0.0493. The fourth-order valence-corrected chi connectivity index (χ4v) is 3.06. The predicted molar refractivity (Wildman–Crippen MR) is 97.2 cm³/mol. The molecule has 0 aromatic carbocycles. The highest BCUT2D eigenvalue weighted by atomic mass is 16.6. The van der Waals surface area contributed by atoms with Crippen molar-refractivity contribution in [2.45, 2.75) is 84.1 Å². The summed E-state index contributed by atoms with van der Waals surface area (Å²) in [5, 5.41) is 16.5. The van der Waals surface area contributed by atoms with Crippen LogP contribution < -0.4 is 10.6 Å². The minimum Gasteiger partial charge on any atom is -0.444 e. The first-order valence-corrected chi connectivity index (χ1v) is 9.34. The Hall–Kier alpha value is -0.850. The predicted octanol–water partition coefficient (Wildman–Crippen LogP) is 2.11. The first kappa shape index (κ1) is 21.2. The van der Waals surface area contributed by atoms with Crippen LogP contribution in [0.4, 0.5) is 4.79 Å². The number of nitrogens with one attached hydrogen (secondary N) is 2. The standard InChI is InChI=1S/C18H37N3O3/c1-6-16(14(2)20-17(23)24-18(3,4)5)19-12-15(22)13-21-10-8-7-9-11-21/h14-16,19,22H,6-13H2,1-5H3,(H,20,23). The summed E-state index contributed by atoms with van der Waals surface area (Å²) in [5.41, 5.74) is -0.496. The Morgan fingerprint density at radius 2 is 1.88 bits per heavy atom. The molecule has 1 rings (SSSR count). The lowest BCUT2D eigenvalue weighted by atomic mass is 10.1. The van der Waals surface area contributed by atoms with Crippen molar-refractivity contribution in [3.05, 3.63) is 0 Å². The maximum Gasteiger partial charge on any atom is 0.407 e. The van der Waals surface area contributed by atoms with Crippen LogP contribution in [0.1, 0.15) is 60.3 Å². The summed E-state index contributed by atoms with van der Waals surface area (Å²) < 4.78 is 5.30. The van der Waals surface area contributed by atoms with Crippen molar-refractivity contribution in [1.29, 1.82) is 0 Å². The van der Waals surface area contributed by atoms with Crippen molar-refractivity contribution in [3.8, 4) is 0 Å². The lowest BCUT2D eigenvalue weighted by Crippen LogP contribution is -2.51. The molecule has 0 bridgehead atoms. The number of piperidine rings is 1. The van der Waals surface area contributed by atoms with E-state index in [1.54, 1.807) is 0 Å². The zero-order valence-electron chi connectivity index (χ0n) is 16.1. The van der Waals surface area contributed by atoms with Gasteiger partial charge >= 0.3 is 6.09 Å². The van der Waals surface area contributed by atoms with Crippen LogP contribution in [0.5, 0.6) is 0 Å². The Kier molecular flexibility index (Phi) is 9.02. The number of likely N-dealkylation sites (tertiary alicyclic amines) is 1. The topological polar surface area (TPSA) is 73.8 Å². The van der Waals surface area contributed by atoms with E-state index in [-0.39, 0.29) is 18.2 Å². The molecule has 3 N–H and O–H groups in total. The number of hydrogen-bond donors (Lipinski definition) is 3. The van der Waals surface area contributed by atoms with Crippen LogP contribution in [-0.2, 0) is 4.74 Å². The van der Waals surface area contributed by atoms with Crippen molar-refractivity contribution >= 4 is 6.09 Å². The number of rotatable bonds is 8. The van der Waals surface area contributed by atoms with Gasteiger partial charge in [-0.1, -0.05) is 13.3 Å². The maximum absolute atomic E-state index is 11.9. The Morgan fingerprint density at radius 1 is 1.25 bits per heavy atom. The van der Waals surface area contributed by atoms with Crippen LogP contribution in [-0.4, -0.2) is 66.1 Å². The van der Waals surface area contributed by atoms with Crippen LogP contribution in [0.3, 0.4) is 0 Å². The third-order valence-electron chi connectivity index (χ3n) is 4.32. The van der Waals surface area contributed by atoms with Gasteiger partial charge in [-0.15, -0.1) is 0 Å². The van der Waals surface area contributed by atoms with Crippen LogP contribution in [0.2, 0.25) is 0 Å². The van der Waals surface area contributed by atoms with Crippen molar-refractivity contribution in [2.75, 3.05) is 26.2 Å². The van der Waals surface area contributed by atoms with E-state index in [0.29, 0.717) is 6.54 Å². The normalized spacial score (nSPS) is 20.2. The van der Waals surface area contributed by atoms with Gasteiger partial charge in [-0.05, 0) is 60.0 Å². The number of carbonyl (C=O) groups excluding carboxylic acids is 1. The lowest BCUT2D eigenvalue weighted by Gasteiger charge is -2.30. The minimum absolute atomic E-state index is 0.0629. The summed E-state index contributed by atoms with van der Waals surface area (Å²) in [6.07, 6.45) is 3.85. The molecule has 1 fully saturated rings. The molecule has 3 atom stereocenters. The van der Waals surface area contributed by atoms with Crippen molar-refractivity contribution in [2.24, 2.45) is 0 Å². The molecule has 0 aromatic heterocycles. The van der Waals surface area contributed by atoms with Gasteiger partial charge in [0.05, 0.1) is 6.10 Å². The van der Waals surface area contributed by atoms with E-state index in [1.165, 1.54) is 19.3 Å². The molecule has 6 heteroatoms. The molecule has 3 unspecified atom stereocenters. The molecule has 0 aromatic rings. The van der Waals surface area contributed by atoms with E-state index >= 15 is 0 Å². The molecule has 0 saturated carbocycles. The molecule has 1 aliphatic rings. The van der Waals surface area contributed by atoms with Crippen molar-refractivity contribution in [3.63, 3.8) is 0 Å². The molecule has 0 spiro atoms. The Bertz CT molecular complexity index is 365. The third kappa shape index (κ3) is 8.85. The van der Waals surface area contributed by atoms with E-state index < -0.39 is 11.7 Å². The Labute approximate surface area is 147 Å². The number of aliphatic hydroxyl groups excluding tert-OH is 1. The van der Waals surface area contributed by atoms with Gasteiger partial charge in [0.15, 0.2) is 0 Å². The van der Waals surface area contributed by atoms with E-state index in [1.807, 2.05) is 27.7 Å². The van der Waals surface area contributed by atoms with Crippen LogP contribution in [0, 0.1) is 0 Å². The van der Waals surface area contributed by atoms with E-state index in [9.17, 15) is 9.90 Å². The second kappa shape index (κ2) is 10.2. The molecule has 6 nitrogen and oxygen atoms in total. The molecule has 1 amide bonds. The first-order valence-electron chi connectivity index (χ1n) is 9.34. The third-order valence-corrected chi connectivity index (χ3v) is 4.32.